The normalized spacial score (nSPS) is 14.0. The largest absolute Gasteiger partial charge is 0.416 e. The van der Waals surface area contributed by atoms with E-state index in [0.29, 0.717) is 12.1 Å². The summed E-state index contributed by atoms with van der Waals surface area (Å²) in [7, 11) is 0. The summed E-state index contributed by atoms with van der Waals surface area (Å²) >= 11 is 0. The zero-order chi connectivity index (χ0) is 11.6. The molecule has 0 aromatic heterocycles. The molecular weight excluding hydrogens is 212 g/mol. The molecule has 0 saturated heterocycles. The smallest absolute Gasteiger partial charge is 0.329 e. The molecule has 4 N–H and O–H groups in total. The molecule has 0 radical (unpaired) electrons. The topological polar surface area (TPSA) is 52.0 Å². The predicted molar refractivity (Wildman–Crippen MR) is 47.4 cm³/mol. The van der Waals surface area contributed by atoms with E-state index in [4.69, 9.17) is 11.5 Å². The van der Waals surface area contributed by atoms with Crippen molar-refractivity contribution in [3.63, 3.8) is 0 Å². The summed E-state index contributed by atoms with van der Waals surface area (Å²) in [6, 6.07) is 1.18. The number of hydrogen-bond acceptors (Lipinski definition) is 2. The van der Waals surface area contributed by atoms with Crippen LogP contribution in [0.15, 0.2) is 18.2 Å². The summed E-state index contributed by atoms with van der Waals surface area (Å²) in [5.41, 5.74) is 9.39. The predicted octanol–water partition coefficient (Wildman–Crippen LogP) is 1.80. The van der Waals surface area contributed by atoms with Crippen LogP contribution in [0.5, 0.6) is 0 Å². The number of nitrogens with two attached hydrogens (primary N) is 2. The Hall–Kier alpha value is -1.14. The van der Waals surface area contributed by atoms with Gasteiger partial charge in [-0.3, -0.25) is 0 Å². The molecule has 6 heteroatoms. The molecule has 0 heterocycles. The van der Waals surface area contributed by atoms with Crippen molar-refractivity contribution in [1.82, 2.24) is 0 Å². The average molecular weight is 222 g/mol. The molecule has 0 bridgehead atoms. The molecule has 1 atom stereocenters. The Labute approximate surface area is 83.9 Å². The summed E-state index contributed by atoms with van der Waals surface area (Å²) in [6.07, 6.45) is -4.50. The minimum atomic E-state index is -4.50. The minimum absolute atomic E-state index is 0.113. The Morgan fingerprint density at radius 3 is 2.33 bits per heavy atom. The maximum absolute atomic E-state index is 13.1. The first kappa shape index (κ1) is 11.9. The van der Waals surface area contributed by atoms with Crippen molar-refractivity contribution < 1.29 is 17.6 Å². The fourth-order valence-electron chi connectivity index (χ4n) is 1.13. The van der Waals surface area contributed by atoms with Gasteiger partial charge < -0.3 is 11.5 Å². The minimum Gasteiger partial charge on any atom is -0.329 e. The van der Waals surface area contributed by atoms with Crippen LogP contribution in [0, 0.1) is 5.82 Å². The molecule has 1 aromatic rings. The van der Waals surface area contributed by atoms with Gasteiger partial charge in [-0.1, -0.05) is 0 Å². The van der Waals surface area contributed by atoms with E-state index >= 15 is 0 Å². The van der Waals surface area contributed by atoms with Gasteiger partial charge in [-0.05, 0) is 18.2 Å². The lowest BCUT2D eigenvalue weighted by molar-refractivity contribution is -0.137. The first-order chi connectivity index (χ1) is 6.86. The van der Waals surface area contributed by atoms with Gasteiger partial charge >= 0.3 is 6.18 Å². The molecule has 84 valence electrons. The first-order valence-corrected chi connectivity index (χ1v) is 4.18. The lowest BCUT2D eigenvalue weighted by atomic mass is 10.0. The van der Waals surface area contributed by atoms with Gasteiger partial charge in [-0.25, -0.2) is 4.39 Å². The van der Waals surface area contributed by atoms with Crippen molar-refractivity contribution in [1.29, 1.82) is 0 Å². The maximum atomic E-state index is 13.1. The molecule has 0 amide bonds. The van der Waals surface area contributed by atoms with Crippen LogP contribution >= 0.6 is 0 Å². The molecule has 0 aliphatic heterocycles. The molecule has 0 fully saturated rings. The summed E-state index contributed by atoms with van der Waals surface area (Å²) in [6.45, 7) is -0.113. The van der Waals surface area contributed by atoms with E-state index in [9.17, 15) is 17.6 Å². The molecule has 1 rings (SSSR count). The van der Waals surface area contributed by atoms with E-state index in [1.807, 2.05) is 0 Å². The highest BCUT2D eigenvalue weighted by Crippen LogP contribution is 2.31. The second-order valence-corrected chi connectivity index (χ2v) is 3.08. The van der Waals surface area contributed by atoms with Crippen LogP contribution in [-0.4, -0.2) is 6.54 Å². The lowest BCUT2D eigenvalue weighted by Gasteiger charge is -2.13. The summed E-state index contributed by atoms with van der Waals surface area (Å²) in [5.74, 6) is -0.777. The van der Waals surface area contributed by atoms with Crippen LogP contribution in [0.3, 0.4) is 0 Å². The van der Waals surface area contributed by atoms with Crippen molar-refractivity contribution in [2.45, 2.75) is 12.2 Å². The Balaban J connectivity index is 3.17. The van der Waals surface area contributed by atoms with Crippen molar-refractivity contribution >= 4 is 0 Å². The van der Waals surface area contributed by atoms with Crippen molar-refractivity contribution in [2.24, 2.45) is 11.5 Å². The van der Waals surface area contributed by atoms with E-state index in [-0.39, 0.29) is 12.1 Å². The Bertz CT molecular complexity index is 348. The highest BCUT2D eigenvalue weighted by molar-refractivity contribution is 5.29. The zero-order valence-electron chi connectivity index (χ0n) is 7.68. The SMILES string of the molecule is NCC(N)c1cc(C(F)(F)F)ccc1F. The number of alkyl halides is 3. The van der Waals surface area contributed by atoms with Crippen LogP contribution in [0.25, 0.3) is 0 Å². The Morgan fingerprint density at radius 1 is 1.27 bits per heavy atom. The van der Waals surface area contributed by atoms with Gasteiger partial charge in [0.05, 0.1) is 5.56 Å². The fraction of sp³-hybridized carbons (Fsp3) is 0.333. The highest BCUT2D eigenvalue weighted by atomic mass is 19.4. The van der Waals surface area contributed by atoms with Crippen LogP contribution in [-0.2, 0) is 6.18 Å². The second kappa shape index (κ2) is 4.16. The van der Waals surface area contributed by atoms with Crippen LogP contribution in [0.1, 0.15) is 17.2 Å². The van der Waals surface area contributed by atoms with Gasteiger partial charge in [0, 0.05) is 18.2 Å². The van der Waals surface area contributed by atoms with Gasteiger partial charge in [0.1, 0.15) is 5.82 Å². The van der Waals surface area contributed by atoms with Crippen molar-refractivity contribution in [3.8, 4) is 0 Å². The van der Waals surface area contributed by atoms with Crippen molar-refractivity contribution in [3.05, 3.63) is 35.1 Å². The molecule has 0 aliphatic carbocycles. The highest BCUT2D eigenvalue weighted by Gasteiger charge is 2.31. The lowest BCUT2D eigenvalue weighted by Crippen LogP contribution is -2.22. The molecule has 0 spiro atoms. The first-order valence-electron chi connectivity index (χ1n) is 4.18. The Kier molecular flexibility index (Phi) is 3.31. The third-order valence-electron chi connectivity index (χ3n) is 1.98. The number of halogens is 4. The molecule has 1 aromatic carbocycles. The zero-order valence-corrected chi connectivity index (χ0v) is 7.68. The van der Waals surface area contributed by atoms with E-state index < -0.39 is 23.6 Å². The monoisotopic (exact) mass is 222 g/mol. The molecule has 0 aliphatic rings. The van der Waals surface area contributed by atoms with Gasteiger partial charge in [-0.2, -0.15) is 13.2 Å². The van der Waals surface area contributed by atoms with Crippen molar-refractivity contribution in [2.75, 3.05) is 6.54 Å². The van der Waals surface area contributed by atoms with Crippen LogP contribution < -0.4 is 11.5 Å². The maximum Gasteiger partial charge on any atom is 0.416 e. The van der Waals surface area contributed by atoms with E-state index in [1.165, 1.54) is 0 Å². The third-order valence-corrected chi connectivity index (χ3v) is 1.98. The molecule has 15 heavy (non-hydrogen) atoms. The number of hydrogen-bond donors (Lipinski definition) is 2. The second-order valence-electron chi connectivity index (χ2n) is 3.08. The standard InChI is InChI=1S/C9H10F4N2/c10-7-2-1-5(9(11,12)13)3-6(7)8(15)4-14/h1-3,8H,4,14-15H2. The van der Waals surface area contributed by atoms with Gasteiger partial charge in [0.15, 0.2) is 0 Å². The summed E-state index contributed by atoms with van der Waals surface area (Å²) in [5, 5.41) is 0. The van der Waals surface area contributed by atoms with Crippen LogP contribution in [0.2, 0.25) is 0 Å². The fourth-order valence-corrected chi connectivity index (χ4v) is 1.13. The molecule has 0 saturated carbocycles. The summed E-state index contributed by atoms with van der Waals surface area (Å²) < 4.78 is 49.9. The molecule has 2 nitrogen and oxygen atoms in total. The quantitative estimate of drug-likeness (QED) is 0.749. The van der Waals surface area contributed by atoms with E-state index in [2.05, 4.69) is 0 Å². The number of rotatable bonds is 2. The van der Waals surface area contributed by atoms with Gasteiger partial charge in [-0.15, -0.1) is 0 Å². The molecule has 1 unspecified atom stereocenters. The van der Waals surface area contributed by atoms with Gasteiger partial charge in [0.2, 0.25) is 0 Å². The molecular formula is C9H10F4N2. The van der Waals surface area contributed by atoms with Crippen LogP contribution in [0.4, 0.5) is 17.6 Å². The third kappa shape index (κ3) is 2.66. The summed E-state index contributed by atoms with van der Waals surface area (Å²) in [4.78, 5) is 0. The average Bonchev–Trinajstić information content (AvgIpc) is 2.15. The number of benzene rings is 1. The van der Waals surface area contributed by atoms with Gasteiger partial charge in [0.25, 0.3) is 0 Å². The van der Waals surface area contributed by atoms with E-state index in [0.717, 1.165) is 6.07 Å². The Morgan fingerprint density at radius 2 is 1.87 bits per heavy atom. The van der Waals surface area contributed by atoms with E-state index in [1.54, 1.807) is 0 Å².